The lowest BCUT2D eigenvalue weighted by Crippen LogP contribution is -2.28. The summed E-state index contributed by atoms with van der Waals surface area (Å²) in [6.45, 7) is 4.58. The molecule has 2 N–H and O–H groups in total. The van der Waals surface area contributed by atoms with E-state index in [0.717, 1.165) is 24.9 Å². The molecule has 2 heteroatoms. The number of likely N-dealkylation sites (tertiary alicyclic amines) is 1. The van der Waals surface area contributed by atoms with Crippen LogP contribution in [0.5, 0.6) is 0 Å². The van der Waals surface area contributed by atoms with E-state index in [9.17, 15) is 0 Å². The van der Waals surface area contributed by atoms with Gasteiger partial charge in [-0.2, -0.15) is 0 Å². The second kappa shape index (κ2) is 5.13. The normalized spacial score (nSPS) is 31.1. The van der Waals surface area contributed by atoms with Crippen LogP contribution in [-0.4, -0.2) is 31.1 Å². The van der Waals surface area contributed by atoms with Crippen molar-refractivity contribution in [2.24, 2.45) is 17.6 Å². The van der Waals surface area contributed by atoms with Gasteiger partial charge in [0.1, 0.15) is 0 Å². The minimum atomic E-state index is 0.831. The molecular formula is C12H24N2. The molecular weight excluding hydrogens is 172 g/mol. The van der Waals surface area contributed by atoms with Crippen molar-refractivity contribution < 1.29 is 0 Å². The molecule has 1 unspecified atom stereocenters. The van der Waals surface area contributed by atoms with E-state index in [1.807, 2.05) is 0 Å². The molecule has 82 valence electrons. The minimum Gasteiger partial charge on any atom is -0.329 e. The van der Waals surface area contributed by atoms with E-state index >= 15 is 0 Å². The molecule has 0 aromatic heterocycles. The average Bonchev–Trinajstić information content (AvgIpc) is 2.68. The molecule has 1 heterocycles. The summed E-state index contributed by atoms with van der Waals surface area (Å²) in [6.07, 6.45) is 8.89. The monoisotopic (exact) mass is 196 g/mol. The molecule has 1 aliphatic carbocycles. The van der Waals surface area contributed by atoms with E-state index in [1.165, 1.54) is 51.6 Å². The van der Waals surface area contributed by atoms with Crippen LogP contribution in [0.25, 0.3) is 0 Å². The molecule has 2 rings (SSSR count). The van der Waals surface area contributed by atoms with Crippen LogP contribution in [0.1, 0.15) is 38.5 Å². The van der Waals surface area contributed by atoms with E-state index in [0.29, 0.717) is 0 Å². The Labute approximate surface area is 87.8 Å². The van der Waals surface area contributed by atoms with Crippen LogP contribution in [0.3, 0.4) is 0 Å². The fraction of sp³-hybridized carbons (Fsp3) is 1.00. The molecule has 2 nitrogen and oxygen atoms in total. The summed E-state index contributed by atoms with van der Waals surface area (Å²) in [5.74, 6) is 2.05. The van der Waals surface area contributed by atoms with Gasteiger partial charge in [-0.3, -0.25) is 0 Å². The average molecular weight is 196 g/mol. The molecule has 1 saturated carbocycles. The largest absolute Gasteiger partial charge is 0.329 e. The lowest BCUT2D eigenvalue weighted by Gasteiger charge is -2.27. The summed E-state index contributed by atoms with van der Waals surface area (Å²) < 4.78 is 0. The van der Waals surface area contributed by atoms with Crippen molar-refractivity contribution in [2.75, 3.05) is 26.2 Å². The van der Waals surface area contributed by atoms with Gasteiger partial charge in [-0.1, -0.05) is 32.1 Å². The van der Waals surface area contributed by atoms with Crippen molar-refractivity contribution in [2.45, 2.75) is 38.5 Å². The molecule has 2 aliphatic rings. The Kier molecular flexibility index (Phi) is 3.82. The smallest absolute Gasteiger partial charge is 0.0105 e. The first-order valence-electron chi connectivity index (χ1n) is 6.32. The molecule has 0 spiro atoms. The van der Waals surface area contributed by atoms with Crippen LogP contribution in [0.2, 0.25) is 0 Å². The number of hydrogen-bond donors (Lipinski definition) is 1. The van der Waals surface area contributed by atoms with Crippen molar-refractivity contribution in [3.63, 3.8) is 0 Å². The van der Waals surface area contributed by atoms with Gasteiger partial charge >= 0.3 is 0 Å². The summed E-state index contributed by atoms with van der Waals surface area (Å²) in [5, 5.41) is 0. The molecule has 14 heavy (non-hydrogen) atoms. The lowest BCUT2D eigenvalue weighted by atomic mass is 9.80. The summed E-state index contributed by atoms with van der Waals surface area (Å²) in [6, 6.07) is 0. The van der Waals surface area contributed by atoms with Crippen molar-refractivity contribution in [1.29, 1.82) is 0 Å². The van der Waals surface area contributed by atoms with Gasteiger partial charge in [-0.15, -0.1) is 0 Å². The van der Waals surface area contributed by atoms with E-state index in [1.54, 1.807) is 0 Å². The molecule has 0 amide bonds. The van der Waals surface area contributed by atoms with E-state index in [2.05, 4.69) is 4.90 Å². The minimum absolute atomic E-state index is 0.831. The molecule has 0 aromatic carbocycles. The zero-order valence-electron chi connectivity index (χ0n) is 9.25. The molecule has 0 aromatic rings. The van der Waals surface area contributed by atoms with Gasteiger partial charge in [0.15, 0.2) is 0 Å². The maximum atomic E-state index is 5.59. The molecule has 0 radical (unpaired) electrons. The molecule has 1 atom stereocenters. The zero-order chi connectivity index (χ0) is 9.80. The van der Waals surface area contributed by atoms with Gasteiger partial charge in [-0.25, -0.2) is 0 Å². The number of nitrogens with zero attached hydrogens (tertiary/aromatic N) is 1. The Morgan fingerprint density at radius 2 is 1.79 bits per heavy atom. The van der Waals surface area contributed by atoms with Crippen LogP contribution in [0.4, 0.5) is 0 Å². The Bertz CT molecular complexity index is 164. The Balaban J connectivity index is 1.76. The quantitative estimate of drug-likeness (QED) is 0.746. The summed E-state index contributed by atoms with van der Waals surface area (Å²) in [7, 11) is 0. The topological polar surface area (TPSA) is 29.3 Å². The molecule has 1 aliphatic heterocycles. The van der Waals surface area contributed by atoms with Crippen LogP contribution in [-0.2, 0) is 0 Å². The molecule has 0 bridgehead atoms. The lowest BCUT2D eigenvalue weighted by molar-refractivity contribution is 0.239. The van der Waals surface area contributed by atoms with Crippen molar-refractivity contribution in [3.05, 3.63) is 0 Å². The summed E-state index contributed by atoms with van der Waals surface area (Å²) in [4.78, 5) is 2.55. The van der Waals surface area contributed by atoms with E-state index in [-0.39, 0.29) is 0 Å². The van der Waals surface area contributed by atoms with Crippen LogP contribution < -0.4 is 5.73 Å². The van der Waals surface area contributed by atoms with Gasteiger partial charge in [0, 0.05) is 19.6 Å². The molecule has 1 saturated heterocycles. The summed E-state index contributed by atoms with van der Waals surface area (Å²) in [5.41, 5.74) is 5.59. The fourth-order valence-corrected chi connectivity index (χ4v) is 3.24. The molecule has 2 fully saturated rings. The first-order valence-corrected chi connectivity index (χ1v) is 6.32. The highest BCUT2D eigenvalue weighted by atomic mass is 15.1. The zero-order valence-corrected chi connectivity index (χ0v) is 9.25. The second-order valence-electron chi connectivity index (χ2n) is 5.04. The Morgan fingerprint density at radius 3 is 2.50 bits per heavy atom. The third-order valence-electron chi connectivity index (χ3n) is 4.07. The van der Waals surface area contributed by atoms with Crippen molar-refractivity contribution in [1.82, 2.24) is 4.90 Å². The van der Waals surface area contributed by atoms with Gasteiger partial charge in [0.05, 0.1) is 0 Å². The number of hydrogen-bond acceptors (Lipinski definition) is 2. The first-order chi connectivity index (χ1) is 6.90. The van der Waals surface area contributed by atoms with Gasteiger partial charge in [0.2, 0.25) is 0 Å². The predicted octanol–water partition coefficient (Wildman–Crippen LogP) is 1.85. The van der Waals surface area contributed by atoms with Gasteiger partial charge < -0.3 is 10.6 Å². The van der Waals surface area contributed by atoms with Gasteiger partial charge in [0.25, 0.3) is 0 Å². The van der Waals surface area contributed by atoms with E-state index < -0.39 is 0 Å². The maximum Gasteiger partial charge on any atom is 0.0105 e. The maximum absolute atomic E-state index is 5.59. The van der Waals surface area contributed by atoms with Gasteiger partial charge in [-0.05, 0) is 24.8 Å². The third kappa shape index (κ3) is 2.48. The van der Waals surface area contributed by atoms with Crippen LogP contribution in [0, 0.1) is 11.8 Å². The Hall–Kier alpha value is -0.0800. The fourth-order valence-electron chi connectivity index (χ4n) is 3.24. The number of nitrogens with two attached hydrogens (primary N) is 1. The predicted molar refractivity (Wildman–Crippen MR) is 60.2 cm³/mol. The first kappa shape index (κ1) is 10.4. The van der Waals surface area contributed by atoms with Crippen LogP contribution in [0.15, 0.2) is 0 Å². The third-order valence-corrected chi connectivity index (χ3v) is 4.07. The highest BCUT2D eigenvalue weighted by Gasteiger charge is 2.29. The van der Waals surface area contributed by atoms with Crippen molar-refractivity contribution in [3.8, 4) is 0 Å². The van der Waals surface area contributed by atoms with Crippen molar-refractivity contribution >= 4 is 0 Å². The van der Waals surface area contributed by atoms with Crippen LogP contribution >= 0.6 is 0 Å². The standard InChI is InChI=1S/C12H24N2/c13-7-9-14-8-6-12(10-14)11-4-2-1-3-5-11/h11-12H,1-10,13H2. The van der Waals surface area contributed by atoms with E-state index in [4.69, 9.17) is 5.73 Å². The highest BCUT2D eigenvalue weighted by molar-refractivity contribution is 4.82. The second-order valence-corrected chi connectivity index (χ2v) is 5.04. The number of rotatable bonds is 3. The Morgan fingerprint density at radius 1 is 1.00 bits per heavy atom. The SMILES string of the molecule is NCCN1CCC(C2CCCCC2)C1. The summed E-state index contributed by atoms with van der Waals surface area (Å²) >= 11 is 0. The highest BCUT2D eigenvalue weighted by Crippen LogP contribution is 2.34.